The highest BCUT2D eigenvalue weighted by atomic mass is 32.2. The Morgan fingerprint density at radius 3 is 3.06 bits per heavy atom. The van der Waals surface area contributed by atoms with E-state index in [4.69, 9.17) is 5.11 Å². The van der Waals surface area contributed by atoms with Gasteiger partial charge in [-0.2, -0.15) is 0 Å². The number of hydrogen-bond donors (Lipinski definition) is 2. The molecular weight excluding hydrogens is 238 g/mol. The fraction of sp³-hybridized carbons (Fsp3) is 0.900. The quantitative estimate of drug-likeness (QED) is 0.489. The molecule has 0 bridgehead atoms. The summed E-state index contributed by atoms with van der Waals surface area (Å²) in [6, 6.07) is 0.729. The van der Waals surface area contributed by atoms with Crippen molar-refractivity contribution in [2.45, 2.75) is 43.4 Å². The molecule has 0 amide bonds. The molecule has 1 saturated carbocycles. The molecule has 1 fully saturated rings. The highest BCUT2D eigenvalue weighted by Gasteiger charge is 2.19. The predicted molar refractivity (Wildman–Crippen MR) is 65.9 cm³/mol. The molecule has 2 N–H and O–H groups in total. The van der Waals surface area contributed by atoms with E-state index >= 15 is 0 Å². The summed E-state index contributed by atoms with van der Waals surface area (Å²) in [5.41, 5.74) is 0. The Morgan fingerprint density at radius 1 is 1.41 bits per heavy atom. The summed E-state index contributed by atoms with van der Waals surface area (Å²) in [5.74, 6) is 0.955. The van der Waals surface area contributed by atoms with E-state index in [0.29, 0.717) is 0 Å². The predicted octanol–water partition coefficient (Wildman–Crippen LogP) is 0.290. The van der Waals surface area contributed by atoms with Crippen LogP contribution >= 0.6 is 11.8 Å². The number of rotatable bonds is 9. The molecule has 0 atom stereocenters. The van der Waals surface area contributed by atoms with Crippen molar-refractivity contribution in [3.05, 3.63) is 0 Å². The Kier molecular flexibility index (Phi) is 5.21. The van der Waals surface area contributed by atoms with E-state index in [-0.39, 0.29) is 6.61 Å². The number of nitrogens with zero attached hydrogens (tertiary/aromatic N) is 4. The fourth-order valence-electron chi connectivity index (χ4n) is 1.48. The minimum atomic E-state index is 0.261. The summed E-state index contributed by atoms with van der Waals surface area (Å²) in [6.45, 7) is 2.02. The van der Waals surface area contributed by atoms with Crippen LogP contribution in [0.5, 0.6) is 0 Å². The number of thioether (sulfide) groups is 1. The van der Waals surface area contributed by atoms with Crippen molar-refractivity contribution in [1.82, 2.24) is 25.5 Å². The molecule has 6 nitrogen and oxygen atoms in total. The van der Waals surface area contributed by atoms with Gasteiger partial charge < -0.3 is 10.4 Å². The van der Waals surface area contributed by atoms with Crippen molar-refractivity contribution in [3.63, 3.8) is 0 Å². The fourth-order valence-corrected chi connectivity index (χ4v) is 2.38. The van der Waals surface area contributed by atoms with Crippen molar-refractivity contribution in [2.75, 3.05) is 18.9 Å². The van der Waals surface area contributed by atoms with Crippen LogP contribution in [0.1, 0.15) is 25.7 Å². The first-order chi connectivity index (χ1) is 8.40. The van der Waals surface area contributed by atoms with Crippen LogP contribution in [0.25, 0.3) is 0 Å². The minimum Gasteiger partial charge on any atom is -0.396 e. The zero-order valence-corrected chi connectivity index (χ0v) is 10.7. The Bertz CT molecular complexity index is 328. The number of aliphatic hydroxyl groups excluding tert-OH is 1. The summed E-state index contributed by atoms with van der Waals surface area (Å²) >= 11 is 1.66. The summed E-state index contributed by atoms with van der Waals surface area (Å²) in [6.07, 6.45) is 4.45. The molecule has 0 spiro atoms. The van der Waals surface area contributed by atoms with Gasteiger partial charge in [0.2, 0.25) is 5.16 Å². The maximum atomic E-state index is 8.69. The minimum absolute atomic E-state index is 0.261. The van der Waals surface area contributed by atoms with Gasteiger partial charge in [0.25, 0.3) is 0 Å². The third-order valence-corrected chi connectivity index (χ3v) is 3.66. The molecule has 1 aliphatic carbocycles. The molecule has 1 heterocycles. The lowest BCUT2D eigenvalue weighted by Crippen LogP contribution is -2.22. The Hall–Kier alpha value is -0.660. The van der Waals surface area contributed by atoms with Crippen molar-refractivity contribution < 1.29 is 5.11 Å². The van der Waals surface area contributed by atoms with Gasteiger partial charge in [-0.25, -0.2) is 4.68 Å². The second kappa shape index (κ2) is 6.93. The third-order valence-electron chi connectivity index (χ3n) is 2.62. The van der Waals surface area contributed by atoms with Crippen LogP contribution in [-0.2, 0) is 6.54 Å². The van der Waals surface area contributed by atoms with Gasteiger partial charge in [-0.3, -0.25) is 0 Å². The maximum Gasteiger partial charge on any atom is 0.209 e. The van der Waals surface area contributed by atoms with Crippen molar-refractivity contribution in [3.8, 4) is 0 Å². The van der Waals surface area contributed by atoms with Crippen LogP contribution in [-0.4, -0.2) is 50.3 Å². The molecule has 17 heavy (non-hydrogen) atoms. The van der Waals surface area contributed by atoms with Crippen LogP contribution in [0.3, 0.4) is 0 Å². The lowest BCUT2D eigenvalue weighted by atomic mass is 10.4. The van der Waals surface area contributed by atoms with Crippen LogP contribution in [0.2, 0.25) is 0 Å². The summed E-state index contributed by atoms with van der Waals surface area (Å²) in [4.78, 5) is 0. The van der Waals surface area contributed by atoms with Gasteiger partial charge in [-0.1, -0.05) is 11.8 Å². The number of tetrazole rings is 1. The van der Waals surface area contributed by atoms with Crippen molar-refractivity contribution >= 4 is 11.8 Å². The van der Waals surface area contributed by atoms with Gasteiger partial charge in [0, 0.05) is 24.9 Å². The number of unbranched alkanes of at least 4 members (excludes halogenated alkanes) is 1. The molecule has 7 heteroatoms. The molecule has 1 aromatic rings. The monoisotopic (exact) mass is 257 g/mol. The molecule has 0 unspecified atom stereocenters. The molecular formula is C10H19N5OS. The first kappa shape index (κ1) is 12.8. The topological polar surface area (TPSA) is 75.9 Å². The van der Waals surface area contributed by atoms with Crippen LogP contribution < -0.4 is 5.32 Å². The van der Waals surface area contributed by atoms with E-state index in [1.165, 1.54) is 12.8 Å². The molecule has 0 saturated heterocycles. The number of nitrogens with one attached hydrogen (secondary N) is 1. The van der Waals surface area contributed by atoms with Gasteiger partial charge in [0.1, 0.15) is 0 Å². The van der Waals surface area contributed by atoms with Crippen LogP contribution in [0, 0.1) is 0 Å². The van der Waals surface area contributed by atoms with Gasteiger partial charge in [0.05, 0.1) is 6.54 Å². The molecule has 1 aliphatic rings. The van der Waals surface area contributed by atoms with E-state index in [1.807, 2.05) is 4.68 Å². The molecule has 0 aliphatic heterocycles. The average molecular weight is 257 g/mol. The summed E-state index contributed by atoms with van der Waals surface area (Å²) in [7, 11) is 0. The van der Waals surface area contributed by atoms with Gasteiger partial charge in [-0.05, 0) is 36.1 Å². The van der Waals surface area contributed by atoms with E-state index in [2.05, 4.69) is 20.8 Å². The number of aromatic nitrogens is 4. The van der Waals surface area contributed by atoms with Gasteiger partial charge in [0.15, 0.2) is 0 Å². The SMILES string of the molecule is OCCCCSc1nnnn1CCNC1CC1. The Labute approximate surface area is 105 Å². The van der Waals surface area contributed by atoms with Gasteiger partial charge in [-0.15, -0.1) is 5.10 Å². The number of aliphatic hydroxyl groups is 1. The number of hydrogen-bond acceptors (Lipinski definition) is 6. The zero-order valence-electron chi connectivity index (χ0n) is 9.88. The third kappa shape index (κ3) is 4.61. The largest absolute Gasteiger partial charge is 0.396 e. The summed E-state index contributed by atoms with van der Waals surface area (Å²) < 4.78 is 1.85. The maximum absolute atomic E-state index is 8.69. The van der Waals surface area contributed by atoms with E-state index in [9.17, 15) is 0 Å². The smallest absolute Gasteiger partial charge is 0.209 e. The molecule has 96 valence electrons. The first-order valence-electron chi connectivity index (χ1n) is 6.13. The zero-order chi connectivity index (χ0) is 11.9. The lowest BCUT2D eigenvalue weighted by Gasteiger charge is -2.04. The lowest BCUT2D eigenvalue weighted by molar-refractivity contribution is 0.287. The van der Waals surface area contributed by atoms with E-state index in [1.54, 1.807) is 11.8 Å². The van der Waals surface area contributed by atoms with Crippen LogP contribution in [0.4, 0.5) is 0 Å². The Balaban J connectivity index is 1.67. The highest BCUT2D eigenvalue weighted by molar-refractivity contribution is 7.99. The second-order valence-corrected chi connectivity index (χ2v) is 5.25. The molecule has 0 radical (unpaired) electrons. The first-order valence-corrected chi connectivity index (χ1v) is 7.12. The molecule has 2 rings (SSSR count). The normalized spacial score (nSPS) is 15.4. The van der Waals surface area contributed by atoms with E-state index in [0.717, 1.165) is 42.9 Å². The second-order valence-electron chi connectivity index (χ2n) is 4.19. The van der Waals surface area contributed by atoms with Gasteiger partial charge >= 0.3 is 0 Å². The van der Waals surface area contributed by atoms with Crippen molar-refractivity contribution in [2.24, 2.45) is 0 Å². The molecule has 1 aromatic heterocycles. The Morgan fingerprint density at radius 2 is 2.29 bits per heavy atom. The average Bonchev–Trinajstić information content (AvgIpc) is 3.05. The highest BCUT2D eigenvalue weighted by Crippen LogP contribution is 2.18. The van der Waals surface area contributed by atoms with E-state index < -0.39 is 0 Å². The van der Waals surface area contributed by atoms with Crippen molar-refractivity contribution in [1.29, 1.82) is 0 Å². The molecule has 0 aromatic carbocycles. The van der Waals surface area contributed by atoms with Crippen LogP contribution in [0.15, 0.2) is 5.16 Å². The standard InChI is InChI=1S/C10H19N5OS/c16-7-1-2-8-17-10-12-13-14-15(10)6-5-11-9-3-4-9/h9,11,16H,1-8H2. The summed E-state index contributed by atoms with van der Waals surface area (Å²) in [5, 5.41) is 24.7.